The summed E-state index contributed by atoms with van der Waals surface area (Å²) in [5, 5.41) is 2.78. The molecule has 1 heterocycles. The molecule has 0 aromatic heterocycles. The van der Waals surface area contributed by atoms with Crippen LogP contribution >= 0.6 is 0 Å². The monoisotopic (exact) mass is 281 g/mol. The van der Waals surface area contributed by atoms with Gasteiger partial charge in [0.2, 0.25) is 5.91 Å². The molecule has 0 bridgehead atoms. The Kier molecular flexibility index (Phi) is 5.09. The van der Waals surface area contributed by atoms with Crippen LogP contribution in [0.1, 0.15) is 20.3 Å². The van der Waals surface area contributed by atoms with Gasteiger partial charge >= 0.3 is 0 Å². The van der Waals surface area contributed by atoms with Crippen molar-refractivity contribution in [3.05, 3.63) is 30.1 Å². The van der Waals surface area contributed by atoms with Crippen molar-refractivity contribution in [2.45, 2.75) is 32.5 Å². The molecule has 0 spiro atoms. The second-order valence-electron chi connectivity index (χ2n) is 5.47. The lowest BCUT2D eigenvalue weighted by molar-refractivity contribution is -0.914. The molecule has 0 radical (unpaired) electrons. The molecule has 1 saturated heterocycles. The summed E-state index contributed by atoms with van der Waals surface area (Å²) in [7, 11) is 0. The van der Waals surface area contributed by atoms with E-state index in [2.05, 4.69) is 19.2 Å². The third kappa shape index (κ3) is 4.58. The molecule has 1 aromatic carbocycles. The predicted octanol–water partition coefficient (Wildman–Crippen LogP) is 0.846. The van der Waals surface area contributed by atoms with E-state index in [0.29, 0.717) is 12.1 Å². The Morgan fingerprint density at radius 3 is 2.50 bits per heavy atom. The zero-order chi connectivity index (χ0) is 14.5. The summed E-state index contributed by atoms with van der Waals surface area (Å²) in [4.78, 5) is 13.2. The Morgan fingerprint density at radius 1 is 1.30 bits per heavy atom. The number of nitrogens with one attached hydrogen (secondary N) is 2. The molecule has 20 heavy (non-hydrogen) atoms. The first-order valence-electron chi connectivity index (χ1n) is 7.07. The maximum absolute atomic E-state index is 12.8. The van der Waals surface area contributed by atoms with Crippen LogP contribution in [0, 0.1) is 5.82 Å². The van der Waals surface area contributed by atoms with Gasteiger partial charge in [-0.05, 0) is 38.1 Å². The number of carbonyl (C=O) groups excluding carboxylic acids is 1. The quantitative estimate of drug-likeness (QED) is 0.859. The summed E-state index contributed by atoms with van der Waals surface area (Å²) in [6.07, 6.45) is 0.953. The van der Waals surface area contributed by atoms with E-state index in [4.69, 9.17) is 4.74 Å². The number of amides is 1. The molecule has 1 unspecified atom stereocenters. The topological polar surface area (TPSA) is 42.8 Å². The summed E-state index contributed by atoms with van der Waals surface area (Å²) in [5.74, 6) is -0.334. The highest BCUT2D eigenvalue weighted by Crippen LogP contribution is 2.08. The number of hydrogen-bond donors (Lipinski definition) is 2. The van der Waals surface area contributed by atoms with Crippen molar-refractivity contribution in [1.82, 2.24) is 0 Å². The Morgan fingerprint density at radius 2 is 1.90 bits per heavy atom. The maximum Gasteiger partial charge on any atom is 0.230 e. The molecule has 2 N–H and O–H groups in total. The third-order valence-corrected chi connectivity index (χ3v) is 3.45. The van der Waals surface area contributed by atoms with Gasteiger partial charge in [-0.25, -0.2) is 4.39 Å². The lowest BCUT2D eigenvalue weighted by Crippen LogP contribution is -3.15. The number of ether oxygens (including phenoxy) is 1. The highest BCUT2D eigenvalue weighted by Gasteiger charge is 2.25. The Hall–Kier alpha value is -1.46. The van der Waals surface area contributed by atoms with Gasteiger partial charge in [-0.15, -0.1) is 0 Å². The molecule has 5 heteroatoms. The van der Waals surface area contributed by atoms with Crippen molar-refractivity contribution >= 4 is 11.6 Å². The van der Waals surface area contributed by atoms with E-state index in [1.54, 1.807) is 12.1 Å². The molecule has 1 amide bonds. The molecule has 1 aromatic rings. The number of benzene rings is 1. The Labute approximate surface area is 118 Å². The van der Waals surface area contributed by atoms with Crippen LogP contribution in [0.15, 0.2) is 24.3 Å². The van der Waals surface area contributed by atoms with Gasteiger partial charge in [0, 0.05) is 5.69 Å². The number of quaternary nitrogens is 1. The summed E-state index contributed by atoms with van der Waals surface area (Å²) in [5.41, 5.74) is 0.634. The van der Waals surface area contributed by atoms with Gasteiger partial charge in [-0.1, -0.05) is 0 Å². The fourth-order valence-corrected chi connectivity index (χ4v) is 2.64. The van der Waals surface area contributed by atoms with Gasteiger partial charge in [0.15, 0.2) is 0 Å². The van der Waals surface area contributed by atoms with Crippen LogP contribution < -0.4 is 10.2 Å². The van der Waals surface area contributed by atoms with Crippen molar-refractivity contribution in [3.63, 3.8) is 0 Å². The number of halogens is 1. The molecule has 0 aliphatic carbocycles. The number of rotatable bonds is 4. The fraction of sp³-hybridized carbons (Fsp3) is 0.533. The van der Waals surface area contributed by atoms with Crippen molar-refractivity contribution in [2.75, 3.05) is 25.0 Å². The molecular formula is C15H22FN2O2+. The minimum absolute atomic E-state index is 0.0316. The maximum atomic E-state index is 12.8. The first kappa shape index (κ1) is 14.9. The first-order chi connectivity index (χ1) is 9.52. The van der Waals surface area contributed by atoms with E-state index >= 15 is 0 Å². The van der Waals surface area contributed by atoms with Gasteiger partial charge in [0.1, 0.15) is 31.1 Å². The minimum atomic E-state index is -0.302. The average Bonchev–Trinajstić information content (AvgIpc) is 2.38. The molecule has 1 aliphatic heterocycles. The standard InChI is InChI=1S/C15H21FN2O2/c1-11-9-18(10-12(2)20-11)8-7-15(19)17-14-5-3-13(16)4-6-14/h3-6,11-12H,7-10H2,1-2H3,(H,17,19)/p+1/t11-,12+. The van der Waals surface area contributed by atoms with Gasteiger partial charge in [-0.3, -0.25) is 4.79 Å². The van der Waals surface area contributed by atoms with Gasteiger partial charge in [-0.2, -0.15) is 0 Å². The SMILES string of the molecule is C[C@@H]1C[NH+](CCC(=O)Nc2ccc(F)cc2)C[C@H](C)O1. The molecule has 110 valence electrons. The van der Waals surface area contributed by atoms with Crippen molar-refractivity contribution < 1.29 is 18.8 Å². The van der Waals surface area contributed by atoms with Crippen LogP contribution in [0.2, 0.25) is 0 Å². The molecular weight excluding hydrogens is 259 g/mol. The Balaban J connectivity index is 1.76. The van der Waals surface area contributed by atoms with E-state index in [1.807, 2.05) is 0 Å². The zero-order valence-electron chi connectivity index (χ0n) is 12.0. The van der Waals surface area contributed by atoms with Crippen LogP contribution in [0.4, 0.5) is 10.1 Å². The fourth-order valence-electron chi connectivity index (χ4n) is 2.64. The van der Waals surface area contributed by atoms with Crippen molar-refractivity contribution in [3.8, 4) is 0 Å². The van der Waals surface area contributed by atoms with Crippen LogP contribution in [-0.2, 0) is 9.53 Å². The van der Waals surface area contributed by atoms with E-state index in [0.717, 1.165) is 19.6 Å². The van der Waals surface area contributed by atoms with Crippen molar-refractivity contribution in [2.24, 2.45) is 0 Å². The smallest absolute Gasteiger partial charge is 0.230 e. The Bertz CT molecular complexity index is 440. The highest BCUT2D eigenvalue weighted by molar-refractivity contribution is 5.90. The van der Waals surface area contributed by atoms with E-state index < -0.39 is 0 Å². The summed E-state index contributed by atoms with van der Waals surface area (Å²) >= 11 is 0. The van der Waals surface area contributed by atoms with Gasteiger partial charge < -0.3 is 15.0 Å². The molecule has 0 saturated carbocycles. The minimum Gasteiger partial charge on any atom is -0.364 e. The number of anilines is 1. The highest BCUT2D eigenvalue weighted by atomic mass is 19.1. The van der Waals surface area contributed by atoms with Crippen LogP contribution in [-0.4, -0.2) is 37.7 Å². The molecule has 2 rings (SSSR count). The first-order valence-corrected chi connectivity index (χ1v) is 7.07. The summed E-state index contributed by atoms with van der Waals surface area (Å²) in [6.45, 7) is 6.80. The second kappa shape index (κ2) is 6.81. The van der Waals surface area contributed by atoms with Crippen LogP contribution in [0.25, 0.3) is 0 Å². The predicted molar refractivity (Wildman–Crippen MR) is 75.2 cm³/mol. The summed E-state index contributed by atoms with van der Waals surface area (Å²) < 4.78 is 18.4. The average molecular weight is 281 g/mol. The molecule has 4 nitrogen and oxygen atoms in total. The normalized spacial score (nSPS) is 26.2. The van der Waals surface area contributed by atoms with Crippen molar-refractivity contribution in [1.29, 1.82) is 0 Å². The van der Waals surface area contributed by atoms with Crippen LogP contribution in [0.3, 0.4) is 0 Å². The number of morpholine rings is 1. The van der Waals surface area contributed by atoms with E-state index in [1.165, 1.54) is 17.0 Å². The zero-order valence-corrected chi connectivity index (χ0v) is 12.0. The van der Waals surface area contributed by atoms with Gasteiger partial charge in [0.05, 0.1) is 13.0 Å². The lowest BCUT2D eigenvalue weighted by atomic mass is 10.2. The van der Waals surface area contributed by atoms with E-state index in [9.17, 15) is 9.18 Å². The number of carbonyl (C=O) groups is 1. The van der Waals surface area contributed by atoms with Gasteiger partial charge in [0.25, 0.3) is 0 Å². The lowest BCUT2D eigenvalue weighted by Gasteiger charge is -2.32. The molecule has 1 fully saturated rings. The third-order valence-electron chi connectivity index (χ3n) is 3.45. The van der Waals surface area contributed by atoms with E-state index in [-0.39, 0.29) is 23.9 Å². The number of hydrogen-bond acceptors (Lipinski definition) is 2. The largest absolute Gasteiger partial charge is 0.364 e. The molecule has 1 aliphatic rings. The second-order valence-corrected chi connectivity index (χ2v) is 5.47. The van der Waals surface area contributed by atoms with Crippen LogP contribution in [0.5, 0.6) is 0 Å². The summed E-state index contributed by atoms with van der Waals surface area (Å²) in [6, 6.07) is 5.82. The molecule has 3 atom stereocenters.